The summed E-state index contributed by atoms with van der Waals surface area (Å²) < 4.78 is 5.87. The molecule has 1 heteroatoms. The van der Waals surface area contributed by atoms with E-state index < -0.39 is 0 Å². The van der Waals surface area contributed by atoms with E-state index in [-0.39, 0.29) is 5.60 Å². The van der Waals surface area contributed by atoms with Gasteiger partial charge in [0.05, 0.1) is 5.76 Å². The van der Waals surface area contributed by atoms with E-state index in [9.17, 15) is 0 Å². The van der Waals surface area contributed by atoms with Crippen LogP contribution < -0.4 is 0 Å². The molecule has 0 N–H and O–H groups in total. The zero-order valence-corrected chi connectivity index (χ0v) is 8.74. The van der Waals surface area contributed by atoms with E-state index in [1.165, 1.54) is 30.6 Å². The first-order chi connectivity index (χ1) is 5.49. The van der Waals surface area contributed by atoms with Crippen molar-refractivity contribution in [2.45, 2.75) is 59.0 Å². The maximum absolute atomic E-state index is 5.87. The van der Waals surface area contributed by atoms with Crippen LogP contribution in [0, 0.1) is 0 Å². The lowest BCUT2D eigenvalue weighted by molar-refractivity contribution is 0.0417. The first-order valence-electron chi connectivity index (χ1n) is 4.87. The molecule has 0 unspecified atom stereocenters. The van der Waals surface area contributed by atoms with Gasteiger partial charge in [0.25, 0.3) is 0 Å². The molecule has 1 aliphatic rings. The van der Waals surface area contributed by atoms with Crippen LogP contribution in [0.2, 0.25) is 0 Å². The number of hydrogen-bond acceptors (Lipinski definition) is 1. The lowest BCUT2D eigenvalue weighted by Gasteiger charge is -2.27. The zero-order chi connectivity index (χ0) is 9.19. The third kappa shape index (κ3) is 2.88. The van der Waals surface area contributed by atoms with E-state index in [1.54, 1.807) is 0 Å². The number of ether oxygens (including phenoxy) is 1. The second-order valence-electron chi connectivity index (χ2n) is 4.63. The molecule has 70 valence electrons. The largest absolute Gasteiger partial charge is 0.493 e. The molecule has 0 saturated carbocycles. The number of allylic oxidation sites excluding steroid dienone is 2. The quantitative estimate of drug-likeness (QED) is 0.580. The predicted molar refractivity (Wildman–Crippen MR) is 52.0 cm³/mol. The van der Waals surface area contributed by atoms with Crippen molar-refractivity contribution >= 4 is 0 Å². The molecule has 0 heterocycles. The van der Waals surface area contributed by atoms with Crippen molar-refractivity contribution < 1.29 is 4.74 Å². The molecule has 0 radical (unpaired) electrons. The Kier molecular flexibility index (Phi) is 2.81. The molecule has 0 aromatic carbocycles. The first kappa shape index (κ1) is 9.63. The Labute approximate surface area is 75.8 Å². The van der Waals surface area contributed by atoms with Gasteiger partial charge in [-0.2, -0.15) is 0 Å². The van der Waals surface area contributed by atoms with Gasteiger partial charge < -0.3 is 4.74 Å². The molecule has 1 nitrogen and oxygen atoms in total. The van der Waals surface area contributed by atoms with E-state index in [0.717, 1.165) is 6.42 Å². The fourth-order valence-corrected chi connectivity index (χ4v) is 1.54. The second-order valence-corrected chi connectivity index (χ2v) is 4.63. The first-order valence-corrected chi connectivity index (χ1v) is 4.87. The summed E-state index contributed by atoms with van der Waals surface area (Å²) in [5.41, 5.74) is 1.43. The summed E-state index contributed by atoms with van der Waals surface area (Å²) in [4.78, 5) is 0. The highest BCUT2D eigenvalue weighted by atomic mass is 16.5. The van der Waals surface area contributed by atoms with Crippen LogP contribution >= 0.6 is 0 Å². The lowest BCUT2D eigenvalue weighted by atomic mass is 9.98. The van der Waals surface area contributed by atoms with Gasteiger partial charge in [-0.3, -0.25) is 0 Å². The molecular weight excluding hydrogens is 148 g/mol. The van der Waals surface area contributed by atoms with Crippen LogP contribution in [0.1, 0.15) is 53.4 Å². The third-order valence-electron chi connectivity index (χ3n) is 2.11. The average molecular weight is 168 g/mol. The van der Waals surface area contributed by atoms with Crippen molar-refractivity contribution in [1.29, 1.82) is 0 Å². The van der Waals surface area contributed by atoms with Crippen molar-refractivity contribution in [1.82, 2.24) is 0 Å². The van der Waals surface area contributed by atoms with Gasteiger partial charge >= 0.3 is 0 Å². The third-order valence-corrected chi connectivity index (χ3v) is 2.11. The maximum Gasteiger partial charge on any atom is 0.100 e. The molecule has 1 rings (SSSR count). The Morgan fingerprint density at radius 2 is 1.67 bits per heavy atom. The molecule has 0 aromatic rings. The molecule has 0 atom stereocenters. The molecule has 12 heavy (non-hydrogen) atoms. The molecule has 0 fully saturated rings. The van der Waals surface area contributed by atoms with Gasteiger partial charge in [-0.05, 0) is 52.5 Å². The van der Waals surface area contributed by atoms with Crippen molar-refractivity contribution in [2.24, 2.45) is 0 Å². The molecule has 0 aromatic heterocycles. The molecule has 0 bridgehead atoms. The monoisotopic (exact) mass is 168 g/mol. The second kappa shape index (κ2) is 3.51. The summed E-state index contributed by atoms with van der Waals surface area (Å²) in [5.74, 6) is 1.24. The van der Waals surface area contributed by atoms with Crippen LogP contribution in [-0.2, 0) is 4.74 Å². The molecular formula is C11H20O. The standard InChI is InChI=1S/C11H20O/c1-9-7-5-6-8-10(9)12-11(2,3)4/h5-8H2,1-4H3. The van der Waals surface area contributed by atoms with Crippen molar-refractivity contribution in [3.8, 4) is 0 Å². The molecule has 0 saturated heterocycles. The number of hydrogen-bond donors (Lipinski definition) is 0. The summed E-state index contributed by atoms with van der Waals surface area (Å²) in [6.07, 6.45) is 5.00. The zero-order valence-electron chi connectivity index (χ0n) is 8.74. The molecule has 0 spiro atoms. The van der Waals surface area contributed by atoms with Crippen molar-refractivity contribution in [3.63, 3.8) is 0 Å². The van der Waals surface area contributed by atoms with Gasteiger partial charge in [-0.25, -0.2) is 0 Å². The van der Waals surface area contributed by atoms with Crippen LogP contribution in [0.25, 0.3) is 0 Å². The van der Waals surface area contributed by atoms with Gasteiger partial charge in [0.2, 0.25) is 0 Å². The highest BCUT2D eigenvalue weighted by Gasteiger charge is 2.17. The van der Waals surface area contributed by atoms with Gasteiger partial charge in [-0.1, -0.05) is 0 Å². The van der Waals surface area contributed by atoms with Crippen molar-refractivity contribution in [3.05, 3.63) is 11.3 Å². The predicted octanol–water partition coefficient (Wildman–Crippen LogP) is 3.65. The van der Waals surface area contributed by atoms with Crippen LogP contribution in [0.3, 0.4) is 0 Å². The van der Waals surface area contributed by atoms with Crippen LogP contribution in [0.4, 0.5) is 0 Å². The fourth-order valence-electron chi connectivity index (χ4n) is 1.54. The van der Waals surface area contributed by atoms with Gasteiger partial charge in [-0.15, -0.1) is 0 Å². The molecule has 0 amide bonds. The van der Waals surface area contributed by atoms with E-state index in [1.807, 2.05) is 0 Å². The summed E-state index contributed by atoms with van der Waals surface area (Å²) in [6.45, 7) is 8.53. The molecule has 1 aliphatic carbocycles. The summed E-state index contributed by atoms with van der Waals surface area (Å²) in [6, 6.07) is 0. The van der Waals surface area contributed by atoms with Crippen molar-refractivity contribution in [2.75, 3.05) is 0 Å². The van der Waals surface area contributed by atoms with E-state index >= 15 is 0 Å². The summed E-state index contributed by atoms with van der Waals surface area (Å²) in [5, 5.41) is 0. The molecule has 0 aliphatic heterocycles. The maximum atomic E-state index is 5.87. The fraction of sp³-hybridized carbons (Fsp3) is 0.818. The van der Waals surface area contributed by atoms with E-state index in [4.69, 9.17) is 4.74 Å². The minimum Gasteiger partial charge on any atom is -0.493 e. The minimum absolute atomic E-state index is 0.0199. The average Bonchev–Trinajstić information content (AvgIpc) is 1.91. The Morgan fingerprint density at radius 1 is 1.08 bits per heavy atom. The van der Waals surface area contributed by atoms with E-state index in [2.05, 4.69) is 27.7 Å². The SMILES string of the molecule is CC1=C(OC(C)(C)C)CCCC1. The normalized spacial score (nSPS) is 19.7. The van der Waals surface area contributed by atoms with Gasteiger partial charge in [0.15, 0.2) is 0 Å². The van der Waals surface area contributed by atoms with Gasteiger partial charge in [0, 0.05) is 6.42 Å². The van der Waals surface area contributed by atoms with Gasteiger partial charge in [0.1, 0.15) is 5.60 Å². The Hall–Kier alpha value is -0.460. The Bertz CT molecular complexity index is 184. The Balaban J connectivity index is 2.61. The highest BCUT2D eigenvalue weighted by molar-refractivity contribution is 5.09. The summed E-state index contributed by atoms with van der Waals surface area (Å²) >= 11 is 0. The summed E-state index contributed by atoms with van der Waals surface area (Å²) in [7, 11) is 0. The lowest BCUT2D eigenvalue weighted by Crippen LogP contribution is -2.20. The van der Waals surface area contributed by atoms with Crippen LogP contribution in [-0.4, -0.2) is 5.60 Å². The topological polar surface area (TPSA) is 9.23 Å². The highest BCUT2D eigenvalue weighted by Crippen LogP contribution is 2.28. The van der Waals surface area contributed by atoms with Crippen LogP contribution in [0.5, 0.6) is 0 Å². The minimum atomic E-state index is -0.0199. The number of rotatable bonds is 1. The smallest absolute Gasteiger partial charge is 0.100 e. The van der Waals surface area contributed by atoms with Crippen LogP contribution in [0.15, 0.2) is 11.3 Å². The van der Waals surface area contributed by atoms with E-state index in [0.29, 0.717) is 0 Å². The Morgan fingerprint density at radius 3 is 2.17 bits per heavy atom.